The lowest BCUT2D eigenvalue weighted by Gasteiger charge is -2.27. The van der Waals surface area contributed by atoms with Crippen LogP contribution in [0.1, 0.15) is 47.7 Å². The summed E-state index contributed by atoms with van der Waals surface area (Å²) in [7, 11) is 0. The molecule has 31 heavy (non-hydrogen) atoms. The minimum absolute atomic E-state index is 0.0851. The van der Waals surface area contributed by atoms with Crippen LogP contribution in [0.15, 0.2) is 36.7 Å². The van der Waals surface area contributed by atoms with Crippen molar-refractivity contribution in [2.75, 3.05) is 31.1 Å². The van der Waals surface area contributed by atoms with Crippen molar-refractivity contribution in [2.24, 2.45) is 0 Å². The average molecular weight is 441 g/mol. The van der Waals surface area contributed by atoms with E-state index in [1.807, 2.05) is 37.4 Å². The number of fused-ring (bicyclic) bond motifs is 1. The molecule has 0 spiro atoms. The van der Waals surface area contributed by atoms with Crippen molar-refractivity contribution in [3.05, 3.63) is 47.2 Å². The molecule has 0 aliphatic carbocycles. The summed E-state index contributed by atoms with van der Waals surface area (Å²) in [5.74, 6) is -0.379. The molecular formula is C22H28N6O2S. The van der Waals surface area contributed by atoms with Gasteiger partial charge in [0.1, 0.15) is 11.2 Å². The van der Waals surface area contributed by atoms with Gasteiger partial charge in [0, 0.05) is 55.3 Å². The molecule has 0 saturated carbocycles. The zero-order valence-corrected chi connectivity index (χ0v) is 18.4. The summed E-state index contributed by atoms with van der Waals surface area (Å²) in [6.45, 7) is 5.69. The lowest BCUT2D eigenvalue weighted by molar-refractivity contribution is -0.122. The van der Waals surface area contributed by atoms with E-state index in [4.69, 9.17) is 0 Å². The maximum absolute atomic E-state index is 13.0. The maximum atomic E-state index is 13.0. The Labute approximate surface area is 185 Å². The van der Waals surface area contributed by atoms with Crippen LogP contribution in [0, 0.1) is 0 Å². The van der Waals surface area contributed by atoms with Crippen LogP contribution in [0.25, 0.3) is 10.9 Å². The molecule has 164 valence electrons. The highest BCUT2D eigenvalue weighted by Crippen LogP contribution is 2.26. The number of carbonyl (C=O) groups is 2. The van der Waals surface area contributed by atoms with Crippen LogP contribution in [0.2, 0.25) is 0 Å². The van der Waals surface area contributed by atoms with Crippen molar-refractivity contribution in [1.82, 2.24) is 25.9 Å². The largest absolute Gasteiger partial charge is 0.361 e. The highest BCUT2D eigenvalue weighted by molar-refractivity contribution is 7.17. The van der Waals surface area contributed by atoms with Crippen LogP contribution >= 0.6 is 11.3 Å². The van der Waals surface area contributed by atoms with E-state index in [0.29, 0.717) is 11.4 Å². The lowest BCUT2D eigenvalue weighted by atomic mass is 10.1. The molecule has 1 unspecified atom stereocenters. The van der Waals surface area contributed by atoms with Gasteiger partial charge in [-0.3, -0.25) is 9.59 Å². The van der Waals surface area contributed by atoms with Crippen LogP contribution in [-0.2, 0) is 4.79 Å². The van der Waals surface area contributed by atoms with E-state index in [-0.39, 0.29) is 11.8 Å². The van der Waals surface area contributed by atoms with Gasteiger partial charge >= 0.3 is 0 Å². The number of H-pyrrole nitrogens is 1. The third kappa shape index (κ3) is 5.05. The number of thiazole rings is 1. The number of aromatic nitrogens is 2. The predicted molar refractivity (Wildman–Crippen MR) is 123 cm³/mol. The molecular weight excluding hydrogens is 412 g/mol. The third-order valence-corrected chi connectivity index (χ3v) is 6.44. The fraction of sp³-hybridized carbons (Fsp3) is 0.409. The van der Waals surface area contributed by atoms with Crippen molar-refractivity contribution in [3.63, 3.8) is 0 Å². The summed E-state index contributed by atoms with van der Waals surface area (Å²) < 4.78 is 0. The molecule has 8 nitrogen and oxygen atoms in total. The fourth-order valence-corrected chi connectivity index (χ4v) is 4.56. The van der Waals surface area contributed by atoms with Crippen molar-refractivity contribution < 1.29 is 9.59 Å². The van der Waals surface area contributed by atoms with Crippen molar-refractivity contribution >= 4 is 39.1 Å². The second-order valence-electron chi connectivity index (χ2n) is 7.61. The normalized spacial score (nSPS) is 15.1. The molecule has 2 aromatic heterocycles. The smallest absolute Gasteiger partial charge is 0.282 e. The highest BCUT2D eigenvalue weighted by Gasteiger charge is 2.23. The third-order valence-electron chi connectivity index (χ3n) is 5.39. The Hall–Kier alpha value is -2.91. The topological polar surface area (TPSA) is 102 Å². The van der Waals surface area contributed by atoms with E-state index >= 15 is 0 Å². The number of nitrogens with one attached hydrogen (secondary N) is 4. The zero-order valence-electron chi connectivity index (χ0n) is 17.6. The number of amides is 2. The first-order valence-electron chi connectivity index (χ1n) is 10.7. The van der Waals surface area contributed by atoms with E-state index in [9.17, 15) is 9.59 Å². The number of nitrogens with zero attached hydrogens (tertiary/aromatic N) is 2. The molecule has 9 heteroatoms. The number of anilines is 1. The molecule has 1 atom stereocenters. The summed E-state index contributed by atoms with van der Waals surface area (Å²) in [6.07, 6.45) is 5.12. The van der Waals surface area contributed by atoms with Crippen molar-refractivity contribution in [3.8, 4) is 0 Å². The molecule has 3 heterocycles. The van der Waals surface area contributed by atoms with E-state index < -0.39 is 6.17 Å². The molecule has 1 fully saturated rings. The minimum atomic E-state index is -0.639. The second kappa shape index (κ2) is 9.93. The Morgan fingerprint density at radius 2 is 2.03 bits per heavy atom. The van der Waals surface area contributed by atoms with Gasteiger partial charge in [0.15, 0.2) is 5.01 Å². The monoisotopic (exact) mass is 440 g/mol. The average Bonchev–Trinajstić information content (AvgIpc) is 3.45. The van der Waals surface area contributed by atoms with E-state index in [1.54, 1.807) is 6.20 Å². The van der Waals surface area contributed by atoms with Gasteiger partial charge in [0.25, 0.3) is 5.91 Å². The Balaban J connectivity index is 1.53. The molecule has 0 bridgehead atoms. The summed E-state index contributed by atoms with van der Waals surface area (Å²) >= 11 is 1.38. The van der Waals surface area contributed by atoms with Crippen LogP contribution in [0.4, 0.5) is 5.00 Å². The minimum Gasteiger partial charge on any atom is -0.361 e. The molecule has 2 amide bonds. The van der Waals surface area contributed by atoms with Gasteiger partial charge in [0.05, 0.1) is 6.20 Å². The number of unbranched alkanes of at least 4 members (excludes halogenated alkanes) is 1. The first-order chi connectivity index (χ1) is 15.2. The molecule has 3 aromatic rings. The lowest BCUT2D eigenvalue weighted by Crippen LogP contribution is -2.43. The molecule has 1 aliphatic heterocycles. The van der Waals surface area contributed by atoms with Gasteiger partial charge in [-0.1, -0.05) is 42.9 Å². The van der Waals surface area contributed by atoms with E-state index in [2.05, 4.69) is 30.8 Å². The van der Waals surface area contributed by atoms with Gasteiger partial charge in [-0.15, -0.1) is 0 Å². The number of carbonyl (C=O) groups excluding carboxylic acids is 2. The number of rotatable bonds is 8. The van der Waals surface area contributed by atoms with E-state index in [1.165, 1.54) is 11.3 Å². The standard InChI is InChI=1S/C22H28N6O2S/c1-2-3-8-18(29)26-20(16-13-24-17-7-5-4-6-15(16)17)27-21(30)22-25-14-19(31-22)28-11-9-23-10-12-28/h4-7,13-14,20,23-24H,2-3,8-12H2,1H3,(H,26,29)(H,27,30). The SMILES string of the molecule is CCCCC(=O)NC(NC(=O)c1ncc(N2CCNCC2)s1)c1c[nH]c2ccccc12. The van der Waals surface area contributed by atoms with Crippen molar-refractivity contribution in [2.45, 2.75) is 32.4 Å². The number of aromatic amines is 1. The van der Waals surface area contributed by atoms with Gasteiger partial charge in [-0.2, -0.15) is 0 Å². The molecule has 1 saturated heterocycles. The quantitative estimate of drug-likeness (QED) is 0.404. The molecule has 1 aromatic carbocycles. The highest BCUT2D eigenvalue weighted by atomic mass is 32.1. The van der Waals surface area contributed by atoms with Crippen LogP contribution in [-0.4, -0.2) is 48.0 Å². The summed E-state index contributed by atoms with van der Waals surface area (Å²) in [5.41, 5.74) is 1.78. The van der Waals surface area contributed by atoms with Crippen molar-refractivity contribution in [1.29, 1.82) is 0 Å². The molecule has 4 rings (SSSR count). The number of benzene rings is 1. The maximum Gasteiger partial charge on any atom is 0.282 e. The summed E-state index contributed by atoms with van der Waals surface area (Å²) in [5, 5.41) is 11.6. The van der Waals surface area contributed by atoms with Crippen LogP contribution < -0.4 is 20.9 Å². The van der Waals surface area contributed by atoms with Crippen LogP contribution in [0.3, 0.4) is 0 Å². The molecule has 4 N–H and O–H groups in total. The Morgan fingerprint density at radius 3 is 2.84 bits per heavy atom. The number of hydrogen-bond acceptors (Lipinski definition) is 6. The summed E-state index contributed by atoms with van der Waals surface area (Å²) in [6, 6.07) is 7.84. The van der Waals surface area contributed by atoms with Gasteiger partial charge < -0.3 is 25.8 Å². The first kappa shape index (κ1) is 21.3. The van der Waals surface area contributed by atoms with Gasteiger partial charge in [-0.25, -0.2) is 4.98 Å². The van der Waals surface area contributed by atoms with E-state index in [0.717, 1.165) is 60.5 Å². The Bertz CT molecular complexity index is 1040. The number of hydrogen-bond donors (Lipinski definition) is 4. The predicted octanol–water partition coefficient (Wildman–Crippen LogP) is 2.77. The number of piperazine rings is 1. The second-order valence-corrected chi connectivity index (χ2v) is 8.62. The fourth-order valence-electron chi connectivity index (χ4n) is 3.69. The first-order valence-corrected chi connectivity index (χ1v) is 11.5. The van der Waals surface area contributed by atoms with Crippen LogP contribution in [0.5, 0.6) is 0 Å². The van der Waals surface area contributed by atoms with Gasteiger partial charge in [0.2, 0.25) is 5.91 Å². The number of para-hydroxylation sites is 1. The molecule has 1 aliphatic rings. The Kier molecular flexibility index (Phi) is 6.83. The molecule has 0 radical (unpaired) electrons. The summed E-state index contributed by atoms with van der Waals surface area (Å²) in [4.78, 5) is 35.3. The van der Waals surface area contributed by atoms with Gasteiger partial charge in [-0.05, 0) is 12.5 Å². The zero-order chi connectivity index (χ0) is 21.6. The Morgan fingerprint density at radius 1 is 1.23 bits per heavy atom.